The van der Waals surface area contributed by atoms with Crippen LogP contribution in [0.1, 0.15) is 17.3 Å². The van der Waals surface area contributed by atoms with Gasteiger partial charge in [0.05, 0.1) is 20.1 Å². The van der Waals surface area contributed by atoms with Crippen molar-refractivity contribution in [3.05, 3.63) is 59.7 Å². The van der Waals surface area contributed by atoms with Gasteiger partial charge in [0.15, 0.2) is 11.5 Å². The van der Waals surface area contributed by atoms with Crippen molar-refractivity contribution in [2.75, 3.05) is 19.5 Å². The number of nitrogens with zero attached hydrogens (tertiary/aromatic N) is 4. The molecule has 0 fully saturated rings. The fourth-order valence-corrected chi connectivity index (χ4v) is 2.72. The first-order valence-electron chi connectivity index (χ1n) is 8.07. The summed E-state index contributed by atoms with van der Waals surface area (Å²) < 4.78 is 24.1. The number of carbonyl (C=O) groups excluding carboxylic acids is 1. The molecule has 0 saturated carbocycles. The summed E-state index contributed by atoms with van der Waals surface area (Å²) in [7, 11) is 3.05. The summed E-state index contributed by atoms with van der Waals surface area (Å²) in [6, 6.07) is 11.0. The second-order valence-corrected chi connectivity index (χ2v) is 5.65. The zero-order valence-electron chi connectivity index (χ0n) is 14.7. The minimum atomic E-state index is -0.802. The van der Waals surface area contributed by atoms with E-state index in [9.17, 15) is 9.18 Å². The largest absolute Gasteiger partial charge is 0.493 e. The molecule has 0 aliphatic rings. The summed E-state index contributed by atoms with van der Waals surface area (Å²) in [5, 5.41) is 17.2. The molecule has 3 aromatic rings. The number of ether oxygens (including phenoxy) is 2. The predicted molar refractivity (Wildman–Crippen MR) is 94.2 cm³/mol. The summed E-state index contributed by atoms with van der Waals surface area (Å²) >= 11 is 0. The average Bonchev–Trinajstić information content (AvgIpc) is 3.20. The van der Waals surface area contributed by atoms with Crippen LogP contribution in [-0.4, -0.2) is 35.7 Å². The van der Waals surface area contributed by atoms with Crippen LogP contribution in [0.3, 0.4) is 0 Å². The molecule has 8 nitrogen and oxygen atoms in total. The number of tetrazole rings is 1. The number of benzene rings is 2. The van der Waals surface area contributed by atoms with Gasteiger partial charge in [-0.2, -0.15) is 5.21 Å². The third kappa shape index (κ3) is 4.20. The van der Waals surface area contributed by atoms with Gasteiger partial charge in [0.1, 0.15) is 5.82 Å². The minimum Gasteiger partial charge on any atom is -0.493 e. The molecule has 27 heavy (non-hydrogen) atoms. The first kappa shape index (κ1) is 18.3. The van der Waals surface area contributed by atoms with E-state index in [0.717, 1.165) is 5.56 Å². The van der Waals surface area contributed by atoms with Gasteiger partial charge in [0, 0.05) is 11.5 Å². The van der Waals surface area contributed by atoms with E-state index in [1.54, 1.807) is 18.2 Å². The number of hydrogen-bond donors (Lipinski definition) is 1. The number of carbonyl (C=O) groups is 1. The molecular weight excluding hydrogens is 353 g/mol. The van der Waals surface area contributed by atoms with Gasteiger partial charge < -0.3 is 19.9 Å². The Morgan fingerprint density at radius 2 is 2.04 bits per heavy atom. The fraction of sp³-hybridized carbons (Fsp3) is 0.222. The molecule has 0 unspecified atom stereocenters. The summed E-state index contributed by atoms with van der Waals surface area (Å²) in [5.74, 6) is -0.458. The SMILES string of the molecule is COc1cccc(C[C@H](C(=O)Nc2cccc(F)c2)c2nnn[n-]2)c1OC. The van der Waals surface area contributed by atoms with Gasteiger partial charge in [-0.05, 0) is 36.2 Å². The summed E-state index contributed by atoms with van der Waals surface area (Å²) in [4.78, 5) is 12.8. The lowest BCUT2D eigenvalue weighted by Gasteiger charge is -2.19. The lowest BCUT2D eigenvalue weighted by Crippen LogP contribution is -2.24. The molecule has 1 aromatic heterocycles. The smallest absolute Gasteiger partial charge is 0.232 e. The van der Waals surface area contributed by atoms with Crippen LogP contribution < -0.4 is 19.9 Å². The molecule has 2 aromatic carbocycles. The molecule has 0 bridgehead atoms. The maximum absolute atomic E-state index is 13.4. The number of rotatable bonds is 7. The van der Waals surface area contributed by atoms with Gasteiger partial charge in [-0.15, -0.1) is 0 Å². The highest BCUT2D eigenvalue weighted by atomic mass is 19.1. The number of halogens is 1. The van der Waals surface area contributed by atoms with Crippen molar-refractivity contribution >= 4 is 11.6 Å². The van der Waals surface area contributed by atoms with E-state index in [1.165, 1.54) is 32.4 Å². The molecule has 1 N–H and O–H groups in total. The van der Waals surface area contributed by atoms with Crippen LogP contribution in [0.25, 0.3) is 0 Å². The van der Waals surface area contributed by atoms with Crippen LogP contribution in [0.2, 0.25) is 0 Å². The van der Waals surface area contributed by atoms with Crippen molar-refractivity contribution in [2.45, 2.75) is 12.3 Å². The van der Waals surface area contributed by atoms with Crippen LogP contribution in [0.4, 0.5) is 10.1 Å². The Balaban J connectivity index is 1.90. The number of methoxy groups -OCH3 is 2. The van der Waals surface area contributed by atoms with Crippen molar-refractivity contribution < 1.29 is 18.7 Å². The van der Waals surface area contributed by atoms with E-state index >= 15 is 0 Å². The molecule has 140 valence electrons. The van der Waals surface area contributed by atoms with E-state index < -0.39 is 17.6 Å². The Morgan fingerprint density at radius 1 is 1.22 bits per heavy atom. The second kappa shape index (κ2) is 8.26. The van der Waals surface area contributed by atoms with Gasteiger partial charge in [0.25, 0.3) is 0 Å². The van der Waals surface area contributed by atoms with E-state index in [2.05, 4.69) is 25.9 Å². The molecule has 0 aliphatic heterocycles. The van der Waals surface area contributed by atoms with E-state index in [4.69, 9.17) is 9.47 Å². The number of amides is 1. The molecule has 9 heteroatoms. The van der Waals surface area contributed by atoms with Crippen molar-refractivity contribution in [2.24, 2.45) is 0 Å². The zero-order valence-corrected chi connectivity index (χ0v) is 14.7. The molecular formula is C18H17FN5O3-. The van der Waals surface area contributed by atoms with Crippen molar-refractivity contribution in [3.63, 3.8) is 0 Å². The van der Waals surface area contributed by atoms with Crippen LogP contribution in [0.15, 0.2) is 42.5 Å². The number of anilines is 1. The highest BCUT2D eigenvalue weighted by Gasteiger charge is 2.24. The standard InChI is InChI=1S/C18H18FN5O3/c1-26-15-8-3-5-11(16(15)27-2)9-14(17-21-23-24-22-17)18(25)20-13-7-4-6-12(19)10-13/h3-8,10,14H,9H2,1-2H3,(H2,20,21,22,23,24,25)/p-1/t14-/m0/s1. The summed E-state index contributed by atoms with van der Waals surface area (Å²) in [6.45, 7) is 0. The van der Waals surface area contributed by atoms with E-state index in [0.29, 0.717) is 17.2 Å². The van der Waals surface area contributed by atoms with Crippen LogP contribution in [-0.2, 0) is 11.2 Å². The Labute approximate surface area is 154 Å². The maximum atomic E-state index is 13.4. The minimum absolute atomic E-state index is 0.161. The van der Waals surface area contributed by atoms with Gasteiger partial charge >= 0.3 is 0 Å². The summed E-state index contributed by atoms with van der Waals surface area (Å²) in [5.41, 5.74) is 1.05. The van der Waals surface area contributed by atoms with Crippen LogP contribution >= 0.6 is 0 Å². The quantitative estimate of drug-likeness (QED) is 0.678. The van der Waals surface area contributed by atoms with Crippen molar-refractivity contribution in [1.82, 2.24) is 20.6 Å². The van der Waals surface area contributed by atoms with Gasteiger partial charge in [-0.25, -0.2) is 4.39 Å². The second-order valence-electron chi connectivity index (χ2n) is 5.65. The maximum Gasteiger partial charge on any atom is 0.232 e. The topological polar surface area (TPSA) is 100 Å². The molecule has 3 rings (SSSR count). The fourth-order valence-electron chi connectivity index (χ4n) is 2.72. The highest BCUT2D eigenvalue weighted by molar-refractivity contribution is 5.95. The third-order valence-electron chi connectivity index (χ3n) is 3.96. The Bertz CT molecular complexity index is 917. The van der Waals surface area contributed by atoms with Gasteiger partial charge in [-0.3, -0.25) is 15.1 Å². The molecule has 1 heterocycles. The van der Waals surface area contributed by atoms with Gasteiger partial charge in [-0.1, -0.05) is 18.2 Å². The average molecular weight is 370 g/mol. The first-order valence-corrected chi connectivity index (χ1v) is 8.07. The number of hydrogen-bond acceptors (Lipinski definition) is 6. The monoisotopic (exact) mass is 370 g/mol. The summed E-state index contributed by atoms with van der Waals surface area (Å²) in [6.07, 6.45) is 0.217. The molecule has 0 saturated heterocycles. The van der Waals surface area contributed by atoms with Crippen LogP contribution in [0, 0.1) is 5.82 Å². The lowest BCUT2D eigenvalue weighted by molar-refractivity contribution is -0.117. The normalized spacial score (nSPS) is 11.7. The molecule has 0 radical (unpaired) electrons. The molecule has 1 atom stereocenters. The molecule has 0 spiro atoms. The first-order chi connectivity index (χ1) is 13.1. The number of para-hydroxylation sites is 1. The predicted octanol–water partition coefficient (Wildman–Crippen LogP) is 1.95. The van der Waals surface area contributed by atoms with Gasteiger partial charge in [0.2, 0.25) is 5.91 Å². The number of nitrogens with one attached hydrogen (secondary N) is 1. The Morgan fingerprint density at radius 3 is 2.70 bits per heavy atom. The Hall–Kier alpha value is -3.49. The highest BCUT2D eigenvalue weighted by Crippen LogP contribution is 2.33. The molecule has 0 aliphatic carbocycles. The van der Waals surface area contributed by atoms with Crippen molar-refractivity contribution in [1.29, 1.82) is 0 Å². The zero-order chi connectivity index (χ0) is 19.2. The van der Waals surface area contributed by atoms with E-state index in [-0.39, 0.29) is 12.2 Å². The third-order valence-corrected chi connectivity index (χ3v) is 3.96. The van der Waals surface area contributed by atoms with Crippen molar-refractivity contribution in [3.8, 4) is 11.5 Å². The van der Waals surface area contributed by atoms with E-state index in [1.807, 2.05) is 6.07 Å². The molecule has 1 amide bonds. The lowest BCUT2D eigenvalue weighted by atomic mass is 9.96. The number of aromatic nitrogens is 4. The van der Waals surface area contributed by atoms with Crippen LogP contribution in [0.5, 0.6) is 11.5 Å². The Kier molecular flexibility index (Phi) is 5.60.